The Balaban J connectivity index is 0.000000522. The molecule has 224 valence electrons. The van der Waals surface area contributed by atoms with Crippen LogP contribution in [0.25, 0.3) is 11.1 Å². The molecular weight excluding hydrogens is 576 g/mol. The molecule has 16 heteroatoms. The number of rotatable bonds is 6. The van der Waals surface area contributed by atoms with Crippen LogP contribution in [0.4, 0.5) is 32.0 Å². The summed E-state index contributed by atoms with van der Waals surface area (Å²) in [4.78, 5) is 30.3. The van der Waals surface area contributed by atoms with Crippen LogP contribution in [0.5, 0.6) is 0 Å². The van der Waals surface area contributed by atoms with Crippen molar-refractivity contribution >= 4 is 35.2 Å². The monoisotopic (exact) mass is 599 g/mol. The van der Waals surface area contributed by atoms with Crippen molar-refractivity contribution in [1.29, 1.82) is 10.8 Å². The molecule has 0 saturated carbocycles. The first kappa shape index (κ1) is 34.6. The molecule has 0 aliphatic heterocycles. The van der Waals surface area contributed by atoms with Crippen LogP contribution in [-0.4, -0.2) is 52.1 Å². The zero-order valence-electron chi connectivity index (χ0n) is 21.2. The van der Waals surface area contributed by atoms with E-state index in [1.165, 1.54) is 0 Å². The van der Waals surface area contributed by atoms with Gasteiger partial charge < -0.3 is 27.0 Å². The average molecular weight is 599 g/mol. The lowest BCUT2D eigenvalue weighted by molar-refractivity contribution is -0.193. The minimum Gasteiger partial charge on any atom is -0.475 e. The highest BCUT2D eigenvalue weighted by molar-refractivity contribution is 5.98. The molecule has 0 bridgehead atoms. The summed E-state index contributed by atoms with van der Waals surface area (Å²) in [6.07, 6.45) is -9.96. The standard InChI is InChI=1S/C22H21N5O.2C2HF3O2/c23-21(24)14-8-10-18(11-9-14)27-20(28)13-16-4-1-2-7-19(16)15-5-3-6-17(12-15)22(25)26;2*3-2(4,5)1(6)7/h1-12H,13H2,(H3,23,24)(H3,25,26)(H,27,28);2*(H,6,7). The average Bonchev–Trinajstić information content (AvgIpc) is 2.89. The van der Waals surface area contributed by atoms with Gasteiger partial charge in [0, 0.05) is 16.8 Å². The van der Waals surface area contributed by atoms with Crippen LogP contribution in [0, 0.1) is 10.8 Å². The van der Waals surface area contributed by atoms with Crippen LogP contribution in [0.3, 0.4) is 0 Å². The van der Waals surface area contributed by atoms with E-state index in [-0.39, 0.29) is 24.0 Å². The molecule has 9 N–H and O–H groups in total. The number of carboxylic acid groups (broad SMARTS) is 2. The van der Waals surface area contributed by atoms with E-state index in [0.29, 0.717) is 16.8 Å². The van der Waals surface area contributed by atoms with Crippen molar-refractivity contribution < 1.29 is 50.9 Å². The van der Waals surface area contributed by atoms with Crippen molar-refractivity contribution in [3.05, 3.63) is 89.5 Å². The highest BCUT2D eigenvalue weighted by Crippen LogP contribution is 2.25. The molecule has 3 aromatic rings. The second-order valence-corrected chi connectivity index (χ2v) is 7.97. The fourth-order valence-electron chi connectivity index (χ4n) is 2.92. The van der Waals surface area contributed by atoms with Crippen LogP contribution in [0.1, 0.15) is 16.7 Å². The van der Waals surface area contributed by atoms with Crippen molar-refractivity contribution in [2.75, 3.05) is 5.32 Å². The topological polar surface area (TPSA) is 203 Å². The maximum atomic E-state index is 12.5. The lowest BCUT2D eigenvalue weighted by Gasteiger charge is -2.11. The molecule has 42 heavy (non-hydrogen) atoms. The first-order valence-electron chi connectivity index (χ1n) is 11.2. The van der Waals surface area contributed by atoms with E-state index in [2.05, 4.69) is 5.32 Å². The smallest absolute Gasteiger partial charge is 0.475 e. The van der Waals surface area contributed by atoms with E-state index in [4.69, 9.17) is 42.1 Å². The molecule has 0 radical (unpaired) electrons. The van der Waals surface area contributed by atoms with Crippen LogP contribution in [0.2, 0.25) is 0 Å². The van der Waals surface area contributed by atoms with Crippen LogP contribution >= 0.6 is 0 Å². The molecule has 0 spiro atoms. The Hall–Kier alpha value is -5.41. The minimum absolute atomic E-state index is 0.00563. The molecular formula is C26H23F6N5O5. The third-order valence-electron chi connectivity index (χ3n) is 4.82. The number of anilines is 1. The summed E-state index contributed by atoms with van der Waals surface area (Å²) in [5.74, 6) is -5.67. The van der Waals surface area contributed by atoms with E-state index in [1.54, 1.807) is 30.3 Å². The van der Waals surface area contributed by atoms with Crippen molar-refractivity contribution in [1.82, 2.24) is 0 Å². The van der Waals surface area contributed by atoms with Gasteiger partial charge in [-0.25, -0.2) is 9.59 Å². The van der Waals surface area contributed by atoms with Gasteiger partial charge in [-0.3, -0.25) is 15.6 Å². The van der Waals surface area contributed by atoms with Gasteiger partial charge in [0.25, 0.3) is 0 Å². The van der Waals surface area contributed by atoms with Crippen molar-refractivity contribution in [3.8, 4) is 11.1 Å². The van der Waals surface area contributed by atoms with E-state index in [1.807, 2.05) is 42.5 Å². The molecule has 3 rings (SSSR count). The van der Waals surface area contributed by atoms with Crippen LogP contribution < -0.4 is 16.8 Å². The van der Waals surface area contributed by atoms with E-state index in [9.17, 15) is 31.1 Å². The second kappa shape index (κ2) is 14.8. The van der Waals surface area contributed by atoms with Gasteiger partial charge in [-0.15, -0.1) is 0 Å². The zero-order chi connectivity index (χ0) is 32.3. The molecule has 0 aliphatic carbocycles. The Kier molecular flexibility index (Phi) is 12.2. The summed E-state index contributed by atoms with van der Waals surface area (Å²) in [5, 5.41) is 32.1. The molecule has 0 heterocycles. The molecule has 0 aliphatic rings. The Bertz CT molecular complexity index is 1420. The summed E-state index contributed by atoms with van der Waals surface area (Å²) < 4.78 is 63.5. The third kappa shape index (κ3) is 11.8. The van der Waals surface area contributed by atoms with Gasteiger partial charge in [-0.2, -0.15) is 26.3 Å². The number of hydrogen-bond acceptors (Lipinski definition) is 5. The maximum absolute atomic E-state index is 12.5. The molecule has 10 nitrogen and oxygen atoms in total. The Labute approximate surface area is 233 Å². The molecule has 3 aromatic carbocycles. The van der Waals surface area contributed by atoms with Gasteiger partial charge in [0.05, 0.1) is 6.42 Å². The fraction of sp³-hybridized carbons (Fsp3) is 0.115. The number of aliphatic carboxylic acids is 2. The summed E-state index contributed by atoms with van der Waals surface area (Å²) in [7, 11) is 0. The first-order valence-corrected chi connectivity index (χ1v) is 11.2. The van der Waals surface area contributed by atoms with Gasteiger partial charge in [-0.05, 0) is 47.0 Å². The van der Waals surface area contributed by atoms with E-state index >= 15 is 0 Å². The van der Waals surface area contributed by atoms with Crippen molar-refractivity contribution in [2.24, 2.45) is 11.5 Å². The largest absolute Gasteiger partial charge is 0.490 e. The Morgan fingerprint density at radius 3 is 1.64 bits per heavy atom. The SMILES string of the molecule is N=C(N)c1ccc(NC(=O)Cc2ccccc2-c2cccc(C(=N)N)c2)cc1.O=C(O)C(F)(F)F.O=C(O)C(F)(F)F. The number of benzene rings is 3. The number of amidine groups is 2. The lowest BCUT2D eigenvalue weighted by atomic mass is 9.96. The number of nitrogens with one attached hydrogen (secondary N) is 3. The number of nitrogen functional groups attached to an aromatic ring is 2. The van der Waals surface area contributed by atoms with Gasteiger partial charge in [0.1, 0.15) is 11.7 Å². The minimum atomic E-state index is -5.08. The molecule has 0 aromatic heterocycles. The van der Waals surface area contributed by atoms with Crippen LogP contribution in [-0.2, 0) is 20.8 Å². The van der Waals surface area contributed by atoms with Crippen molar-refractivity contribution in [3.63, 3.8) is 0 Å². The third-order valence-corrected chi connectivity index (χ3v) is 4.82. The number of hydrogen-bond donors (Lipinski definition) is 7. The predicted octanol–water partition coefficient (Wildman–Crippen LogP) is 4.37. The number of carbonyl (C=O) groups excluding carboxylic acids is 1. The summed E-state index contributed by atoms with van der Waals surface area (Å²) in [6, 6.07) is 21.9. The second-order valence-electron chi connectivity index (χ2n) is 7.97. The number of carboxylic acids is 2. The summed E-state index contributed by atoms with van der Waals surface area (Å²) >= 11 is 0. The van der Waals surface area contributed by atoms with Crippen molar-refractivity contribution in [2.45, 2.75) is 18.8 Å². The maximum Gasteiger partial charge on any atom is 0.490 e. The molecule has 0 unspecified atom stereocenters. The Morgan fingerprint density at radius 2 is 1.19 bits per heavy atom. The number of alkyl halides is 6. The fourth-order valence-corrected chi connectivity index (χ4v) is 2.92. The van der Waals surface area contributed by atoms with Gasteiger partial charge >= 0.3 is 24.3 Å². The highest BCUT2D eigenvalue weighted by atomic mass is 19.4. The number of nitrogens with two attached hydrogens (primary N) is 2. The normalized spacial score (nSPS) is 10.6. The predicted molar refractivity (Wildman–Crippen MR) is 140 cm³/mol. The van der Waals surface area contributed by atoms with Gasteiger partial charge in [0.2, 0.25) is 5.91 Å². The number of halogens is 6. The lowest BCUT2D eigenvalue weighted by Crippen LogP contribution is -2.21. The number of carbonyl (C=O) groups is 3. The van der Waals surface area contributed by atoms with Crippen LogP contribution in [0.15, 0.2) is 72.8 Å². The molecule has 0 saturated heterocycles. The summed E-state index contributed by atoms with van der Waals surface area (Å²) in [5.41, 5.74) is 15.6. The van der Waals surface area contributed by atoms with Gasteiger partial charge in [0.15, 0.2) is 0 Å². The van der Waals surface area contributed by atoms with Gasteiger partial charge in [-0.1, -0.05) is 42.5 Å². The summed E-state index contributed by atoms with van der Waals surface area (Å²) in [6.45, 7) is 0. The highest BCUT2D eigenvalue weighted by Gasteiger charge is 2.38. The van der Waals surface area contributed by atoms with E-state index in [0.717, 1.165) is 16.7 Å². The quantitative estimate of drug-likeness (QED) is 0.124. The number of amides is 1. The molecule has 0 atom stereocenters. The molecule has 0 fully saturated rings. The zero-order valence-corrected chi connectivity index (χ0v) is 21.2. The first-order chi connectivity index (χ1) is 19.3. The Morgan fingerprint density at radius 1 is 0.714 bits per heavy atom. The molecule has 1 amide bonds. The van der Waals surface area contributed by atoms with E-state index < -0.39 is 24.3 Å².